The van der Waals surface area contributed by atoms with Crippen LogP contribution in [0.4, 0.5) is 5.69 Å². The maximum Gasteiger partial charge on any atom is 0.237 e. The van der Waals surface area contributed by atoms with Crippen LogP contribution in [-0.4, -0.2) is 31.6 Å². The smallest absolute Gasteiger partial charge is 0.237 e. The number of H-pyrrole nitrogens is 1. The summed E-state index contributed by atoms with van der Waals surface area (Å²) < 4.78 is 0. The summed E-state index contributed by atoms with van der Waals surface area (Å²) in [5, 5.41) is 0.721. The summed E-state index contributed by atoms with van der Waals surface area (Å²) >= 11 is 1.38. The number of carbonyl (C=O) groups is 1. The highest BCUT2D eigenvalue weighted by Gasteiger charge is 2.18. The van der Waals surface area contributed by atoms with Gasteiger partial charge in [0.05, 0.1) is 18.6 Å². The van der Waals surface area contributed by atoms with E-state index in [0.717, 1.165) is 21.8 Å². The van der Waals surface area contributed by atoms with Crippen LogP contribution in [0.1, 0.15) is 5.56 Å². The number of aromatic amines is 1. The van der Waals surface area contributed by atoms with Gasteiger partial charge in [0.2, 0.25) is 5.91 Å². The van der Waals surface area contributed by atoms with Gasteiger partial charge in [0.25, 0.3) is 0 Å². The predicted molar refractivity (Wildman–Crippen MR) is 106 cm³/mol. The SMILES string of the molecule is O=C(CSc1ncnc2nc[nH]c12)N(Cc1ccccc1)c1ccccc1. The fourth-order valence-electron chi connectivity index (χ4n) is 2.76. The van der Waals surface area contributed by atoms with Gasteiger partial charge in [-0.2, -0.15) is 0 Å². The molecular formula is C20H17N5OS. The molecule has 2 aromatic heterocycles. The molecule has 6 nitrogen and oxygen atoms in total. The molecule has 134 valence electrons. The third kappa shape index (κ3) is 3.98. The van der Waals surface area contributed by atoms with Crippen LogP contribution in [0.25, 0.3) is 11.2 Å². The van der Waals surface area contributed by atoms with Crippen molar-refractivity contribution in [2.45, 2.75) is 11.6 Å². The number of fused-ring (bicyclic) bond motifs is 1. The molecule has 0 atom stereocenters. The average Bonchev–Trinajstić information content (AvgIpc) is 3.21. The van der Waals surface area contributed by atoms with Crippen molar-refractivity contribution in [3.05, 3.63) is 78.9 Å². The third-order valence-electron chi connectivity index (χ3n) is 4.07. The molecule has 0 aliphatic heterocycles. The molecule has 2 heterocycles. The molecular weight excluding hydrogens is 358 g/mol. The fraction of sp³-hybridized carbons (Fsp3) is 0.100. The van der Waals surface area contributed by atoms with Crippen molar-refractivity contribution in [2.75, 3.05) is 10.7 Å². The molecule has 0 fully saturated rings. The van der Waals surface area contributed by atoms with Crippen LogP contribution in [0.2, 0.25) is 0 Å². The van der Waals surface area contributed by atoms with E-state index < -0.39 is 0 Å². The van der Waals surface area contributed by atoms with E-state index in [9.17, 15) is 4.79 Å². The Kier molecular flexibility index (Phi) is 5.11. The Morgan fingerprint density at radius 2 is 1.70 bits per heavy atom. The Labute approximate surface area is 160 Å². The summed E-state index contributed by atoms with van der Waals surface area (Å²) in [4.78, 5) is 30.4. The predicted octanol–water partition coefficient (Wildman–Crippen LogP) is 3.68. The fourth-order valence-corrected chi connectivity index (χ4v) is 3.59. The highest BCUT2D eigenvalue weighted by molar-refractivity contribution is 8.00. The van der Waals surface area contributed by atoms with Crippen molar-refractivity contribution in [2.24, 2.45) is 0 Å². The Morgan fingerprint density at radius 3 is 2.48 bits per heavy atom. The molecule has 0 saturated heterocycles. The lowest BCUT2D eigenvalue weighted by molar-refractivity contribution is -0.116. The van der Waals surface area contributed by atoms with Crippen LogP contribution in [0.3, 0.4) is 0 Å². The van der Waals surface area contributed by atoms with E-state index >= 15 is 0 Å². The van der Waals surface area contributed by atoms with Gasteiger partial charge < -0.3 is 9.88 Å². The van der Waals surface area contributed by atoms with Crippen LogP contribution in [0, 0.1) is 0 Å². The lowest BCUT2D eigenvalue weighted by Crippen LogP contribution is -2.31. The van der Waals surface area contributed by atoms with E-state index in [4.69, 9.17) is 0 Å². The first-order chi connectivity index (χ1) is 13.3. The molecule has 0 unspecified atom stereocenters. The summed E-state index contributed by atoms with van der Waals surface area (Å²) in [5.74, 6) is 0.286. The van der Waals surface area contributed by atoms with E-state index in [-0.39, 0.29) is 11.7 Å². The van der Waals surface area contributed by atoms with Crippen LogP contribution in [0.15, 0.2) is 78.3 Å². The number of benzene rings is 2. The van der Waals surface area contributed by atoms with Gasteiger partial charge in [0.15, 0.2) is 5.65 Å². The number of nitrogens with zero attached hydrogens (tertiary/aromatic N) is 4. The van der Waals surface area contributed by atoms with Gasteiger partial charge in [-0.1, -0.05) is 60.3 Å². The van der Waals surface area contributed by atoms with Gasteiger partial charge in [-0.3, -0.25) is 4.79 Å². The Morgan fingerprint density at radius 1 is 0.963 bits per heavy atom. The number of rotatable bonds is 6. The molecule has 0 aliphatic carbocycles. The quantitative estimate of drug-likeness (QED) is 0.411. The number of carbonyl (C=O) groups excluding carboxylic acids is 1. The minimum Gasteiger partial charge on any atom is -0.341 e. The van der Waals surface area contributed by atoms with Gasteiger partial charge in [-0.05, 0) is 17.7 Å². The maximum absolute atomic E-state index is 13.0. The molecule has 2 aromatic carbocycles. The monoisotopic (exact) mass is 375 g/mol. The summed E-state index contributed by atoms with van der Waals surface area (Å²) in [6.07, 6.45) is 3.05. The van der Waals surface area contributed by atoms with Crippen LogP contribution in [0.5, 0.6) is 0 Å². The molecule has 0 aliphatic rings. The Bertz CT molecular complexity index is 1040. The van der Waals surface area contributed by atoms with Crippen molar-refractivity contribution in [3.8, 4) is 0 Å². The molecule has 0 radical (unpaired) electrons. The summed E-state index contributed by atoms with van der Waals surface area (Å²) in [7, 11) is 0. The van der Waals surface area contributed by atoms with Gasteiger partial charge in [0, 0.05) is 5.69 Å². The van der Waals surface area contributed by atoms with Gasteiger partial charge in [-0.15, -0.1) is 0 Å². The normalized spacial score (nSPS) is 10.8. The molecule has 0 bridgehead atoms. The summed E-state index contributed by atoms with van der Waals surface area (Å²) in [5.41, 5.74) is 3.31. The highest BCUT2D eigenvalue weighted by Crippen LogP contribution is 2.24. The molecule has 4 rings (SSSR count). The van der Waals surface area contributed by atoms with Crippen molar-refractivity contribution in [1.29, 1.82) is 0 Å². The number of para-hydroxylation sites is 1. The number of aromatic nitrogens is 4. The number of hydrogen-bond acceptors (Lipinski definition) is 5. The van der Waals surface area contributed by atoms with Crippen molar-refractivity contribution >= 4 is 34.5 Å². The minimum absolute atomic E-state index is 0.0151. The molecule has 0 spiro atoms. The van der Waals surface area contributed by atoms with Crippen LogP contribution < -0.4 is 4.90 Å². The zero-order chi connectivity index (χ0) is 18.5. The number of anilines is 1. The van der Waals surface area contributed by atoms with Crippen molar-refractivity contribution < 1.29 is 4.79 Å². The van der Waals surface area contributed by atoms with Gasteiger partial charge in [-0.25, -0.2) is 15.0 Å². The Balaban J connectivity index is 1.54. The molecule has 1 amide bonds. The maximum atomic E-state index is 13.0. The standard InChI is InChI=1S/C20H17N5OS/c26-17(12-27-20-18-19(22-13-21-18)23-14-24-20)25(16-9-5-2-6-10-16)11-15-7-3-1-4-8-15/h1-10,13-14H,11-12H2,(H,21,22,23,24). The lowest BCUT2D eigenvalue weighted by atomic mass is 10.2. The van der Waals surface area contributed by atoms with Crippen molar-refractivity contribution in [1.82, 2.24) is 19.9 Å². The molecule has 1 N–H and O–H groups in total. The second-order valence-corrected chi connectivity index (χ2v) is 6.83. The van der Waals surface area contributed by atoms with E-state index in [1.165, 1.54) is 18.1 Å². The molecule has 27 heavy (non-hydrogen) atoms. The zero-order valence-corrected chi connectivity index (χ0v) is 15.3. The molecule has 4 aromatic rings. The average molecular weight is 375 g/mol. The van der Waals surface area contributed by atoms with Gasteiger partial charge in [0.1, 0.15) is 16.9 Å². The lowest BCUT2D eigenvalue weighted by Gasteiger charge is -2.23. The van der Waals surface area contributed by atoms with E-state index in [0.29, 0.717) is 12.2 Å². The number of nitrogens with one attached hydrogen (secondary N) is 1. The third-order valence-corrected chi connectivity index (χ3v) is 5.05. The van der Waals surface area contributed by atoms with E-state index in [2.05, 4.69) is 19.9 Å². The second-order valence-electron chi connectivity index (χ2n) is 5.87. The van der Waals surface area contributed by atoms with Crippen LogP contribution >= 0.6 is 11.8 Å². The van der Waals surface area contributed by atoms with E-state index in [1.807, 2.05) is 60.7 Å². The highest BCUT2D eigenvalue weighted by atomic mass is 32.2. The topological polar surface area (TPSA) is 74.8 Å². The number of imidazole rings is 1. The Hall–Kier alpha value is -3.19. The minimum atomic E-state index is 0.0151. The van der Waals surface area contributed by atoms with E-state index in [1.54, 1.807) is 11.2 Å². The second kappa shape index (κ2) is 8.01. The van der Waals surface area contributed by atoms with Crippen molar-refractivity contribution in [3.63, 3.8) is 0 Å². The summed E-state index contributed by atoms with van der Waals surface area (Å²) in [6.45, 7) is 0.521. The molecule has 0 saturated carbocycles. The first-order valence-electron chi connectivity index (χ1n) is 8.47. The first-order valence-corrected chi connectivity index (χ1v) is 9.46. The largest absolute Gasteiger partial charge is 0.341 e. The zero-order valence-electron chi connectivity index (χ0n) is 14.4. The number of amides is 1. The number of hydrogen-bond donors (Lipinski definition) is 1. The van der Waals surface area contributed by atoms with Gasteiger partial charge >= 0.3 is 0 Å². The number of thioether (sulfide) groups is 1. The molecule has 7 heteroatoms. The summed E-state index contributed by atoms with van der Waals surface area (Å²) in [6, 6.07) is 19.7. The van der Waals surface area contributed by atoms with Crippen LogP contribution in [-0.2, 0) is 11.3 Å². The first kappa shape index (κ1) is 17.2.